The van der Waals surface area contributed by atoms with Gasteiger partial charge in [0.25, 0.3) is 0 Å². The van der Waals surface area contributed by atoms with Gasteiger partial charge in [0.05, 0.1) is 11.8 Å². The zero-order valence-electron chi connectivity index (χ0n) is 6.65. The van der Waals surface area contributed by atoms with Crippen molar-refractivity contribution in [3.05, 3.63) is 35.9 Å². The van der Waals surface area contributed by atoms with Crippen LogP contribution in [0.25, 0.3) is 17.0 Å². The first kappa shape index (κ1) is 6.60. The van der Waals surface area contributed by atoms with Crippen LogP contribution in [0.4, 0.5) is 0 Å². The molecule has 62 valence electrons. The lowest BCUT2D eigenvalue weighted by Crippen LogP contribution is -1.88. The van der Waals surface area contributed by atoms with Crippen LogP contribution in [0.15, 0.2) is 29.0 Å². The molecule has 0 unspecified atom stereocenters. The zero-order valence-corrected chi connectivity index (χ0v) is 6.65. The average molecular weight is 171 g/mol. The lowest BCUT2D eigenvalue weighted by atomic mass is 10.1. The van der Waals surface area contributed by atoms with Gasteiger partial charge in [-0.25, -0.2) is 0 Å². The van der Waals surface area contributed by atoms with Gasteiger partial charge in [-0.1, -0.05) is 0 Å². The number of aromatic nitrogens is 1. The van der Waals surface area contributed by atoms with Crippen LogP contribution in [0, 0.1) is 0 Å². The Hall–Kier alpha value is -1.90. The highest BCUT2D eigenvalue weighted by Crippen LogP contribution is 2.30. The summed E-state index contributed by atoms with van der Waals surface area (Å²) in [4.78, 5) is 15.3. The first-order chi connectivity index (χ1) is 6.36. The van der Waals surface area contributed by atoms with Gasteiger partial charge in [-0.2, -0.15) is 0 Å². The molecule has 0 radical (unpaired) electrons. The van der Waals surface area contributed by atoms with Crippen LogP contribution in [0.5, 0.6) is 0 Å². The van der Waals surface area contributed by atoms with E-state index in [0.717, 1.165) is 5.39 Å². The molecule has 0 spiro atoms. The van der Waals surface area contributed by atoms with Gasteiger partial charge >= 0.3 is 0 Å². The molecule has 0 aromatic carbocycles. The fourth-order valence-electron chi connectivity index (χ4n) is 1.58. The lowest BCUT2D eigenvalue weighted by Gasteiger charge is -1.87. The summed E-state index contributed by atoms with van der Waals surface area (Å²) in [5.74, 6) is 0.660. The van der Waals surface area contributed by atoms with Crippen molar-refractivity contribution in [3.63, 3.8) is 0 Å². The van der Waals surface area contributed by atoms with Gasteiger partial charge < -0.3 is 4.42 Å². The second kappa shape index (κ2) is 2.07. The normalized spacial score (nSPS) is 14.0. The molecule has 13 heavy (non-hydrogen) atoms. The molecule has 0 aliphatic heterocycles. The predicted molar refractivity (Wildman–Crippen MR) is 47.4 cm³/mol. The molecule has 3 nitrogen and oxygen atoms in total. The van der Waals surface area contributed by atoms with Crippen molar-refractivity contribution in [2.24, 2.45) is 0 Å². The van der Waals surface area contributed by atoms with E-state index in [2.05, 4.69) is 4.98 Å². The van der Waals surface area contributed by atoms with E-state index in [9.17, 15) is 4.79 Å². The molecule has 2 aromatic heterocycles. The molecule has 0 fully saturated rings. The Kier molecular flexibility index (Phi) is 1.05. The van der Waals surface area contributed by atoms with E-state index in [1.807, 2.05) is 0 Å². The number of ketones is 1. The third-order valence-corrected chi connectivity index (χ3v) is 2.15. The summed E-state index contributed by atoms with van der Waals surface area (Å²) in [5, 5.41) is 0.847. The SMILES string of the molecule is O=C1C=Cc2oc3cnccc3c21. The summed E-state index contributed by atoms with van der Waals surface area (Å²) < 4.78 is 5.41. The number of furan rings is 1. The molecule has 0 bridgehead atoms. The number of nitrogens with zero attached hydrogens (tertiary/aromatic N) is 1. The third kappa shape index (κ3) is 0.731. The molecular formula is C10H5NO2. The summed E-state index contributed by atoms with van der Waals surface area (Å²) in [6.45, 7) is 0. The first-order valence-corrected chi connectivity index (χ1v) is 3.95. The van der Waals surface area contributed by atoms with Crippen molar-refractivity contribution < 1.29 is 9.21 Å². The molecule has 1 aliphatic rings. The van der Waals surface area contributed by atoms with Gasteiger partial charge in [0.15, 0.2) is 11.4 Å². The summed E-state index contributed by atoms with van der Waals surface area (Å²) in [5.41, 5.74) is 1.34. The summed E-state index contributed by atoms with van der Waals surface area (Å²) >= 11 is 0. The summed E-state index contributed by atoms with van der Waals surface area (Å²) in [6.07, 6.45) is 6.49. The van der Waals surface area contributed by atoms with E-state index in [-0.39, 0.29) is 5.78 Å². The smallest absolute Gasteiger partial charge is 0.190 e. The molecule has 0 saturated carbocycles. The first-order valence-electron chi connectivity index (χ1n) is 3.95. The van der Waals surface area contributed by atoms with Crippen LogP contribution < -0.4 is 0 Å². The van der Waals surface area contributed by atoms with Crippen molar-refractivity contribution in [3.8, 4) is 0 Å². The second-order valence-corrected chi connectivity index (χ2v) is 2.91. The van der Waals surface area contributed by atoms with Crippen molar-refractivity contribution in [1.29, 1.82) is 0 Å². The number of carbonyl (C=O) groups excluding carboxylic acids is 1. The predicted octanol–water partition coefficient (Wildman–Crippen LogP) is 2.04. The van der Waals surface area contributed by atoms with E-state index < -0.39 is 0 Å². The minimum Gasteiger partial charge on any atom is -0.454 e. The van der Waals surface area contributed by atoms with Crippen LogP contribution in [-0.2, 0) is 0 Å². The van der Waals surface area contributed by atoms with Crippen molar-refractivity contribution in [2.75, 3.05) is 0 Å². The van der Waals surface area contributed by atoms with Crippen molar-refractivity contribution in [1.82, 2.24) is 4.98 Å². The number of allylic oxidation sites excluding steroid dienone is 1. The number of pyridine rings is 1. The topological polar surface area (TPSA) is 43.1 Å². The highest BCUT2D eigenvalue weighted by molar-refractivity contribution is 6.19. The van der Waals surface area contributed by atoms with E-state index in [4.69, 9.17) is 4.42 Å². The maximum atomic E-state index is 11.4. The molecule has 1 aliphatic carbocycles. The number of hydrogen-bond acceptors (Lipinski definition) is 3. The highest BCUT2D eigenvalue weighted by Gasteiger charge is 2.21. The molecule has 3 rings (SSSR count). The molecule has 2 heterocycles. The Morgan fingerprint density at radius 1 is 1.31 bits per heavy atom. The fourth-order valence-corrected chi connectivity index (χ4v) is 1.58. The molecule has 0 N–H and O–H groups in total. The molecule has 3 heteroatoms. The summed E-state index contributed by atoms with van der Waals surface area (Å²) in [6, 6.07) is 1.79. The van der Waals surface area contributed by atoms with Gasteiger partial charge in [0, 0.05) is 11.6 Å². The third-order valence-electron chi connectivity index (χ3n) is 2.15. The minimum atomic E-state index is 0.0138. The van der Waals surface area contributed by atoms with Gasteiger partial charge in [-0.05, 0) is 18.2 Å². The Labute approximate surface area is 73.7 Å². The van der Waals surface area contributed by atoms with Crippen LogP contribution in [0.2, 0.25) is 0 Å². The Bertz CT molecular complexity index is 537. The van der Waals surface area contributed by atoms with Gasteiger partial charge in [0.1, 0.15) is 5.76 Å². The van der Waals surface area contributed by atoms with Crippen LogP contribution >= 0.6 is 0 Å². The molecular weight excluding hydrogens is 166 g/mol. The lowest BCUT2D eigenvalue weighted by molar-refractivity contribution is 0.105. The maximum Gasteiger partial charge on any atom is 0.190 e. The van der Waals surface area contributed by atoms with E-state index >= 15 is 0 Å². The van der Waals surface area contributed by atoms with Crippen LogP contribution in [0.3, 0.4) is 0 Å². The second-order valence-electron chi connectivity index (χ2n) is 2.91. The quantitative estimate of drug-likeness (QED) is 0.609. The highest BCUT2D eigenvalue weighted by atomic mass is 16.3. The van der Waals surface area contributed by atoms with E-state index in [1.54, 1.807) is 24.5 Å². The Morgan fingerprint density at radius 3 is 3.15 bits per heavy atom. The van der Waals surface area contributed by atoms with Gasteiger partial charge in [0.2, 0.25) is 0 Å². The van der Waals surface area contributed by atoms with E-state index in [1.165, 1.54) is 6.08 Å². The summed E-state index contributed by atoms with van der Waals surface area (Å²) in [7, 11) is 0. The van der Waals surface area contributed by atoms with Crippen molar-refractivity contribution in [2.45, 2.75) is 0 Å². The number of rotatable bonds is 0. The van der Waals surface area contributed by atoms with E-state index in [0.29, 0.717) is 16.9 Å². The van der Waals surface area contributed by atoms with Gasteiger partial charge in [-0.3, -0.25) is 9.78 Å². The molecule has 2 aromatic rings. The number of carbonyl (C=O) groups is 1. The zero-order chi connectivity index (χ0) is 8.84. The maximum absolute atomic E-state index is 11.4. The largest absolute Gasteiger partial charge is 0.454 e. The molecule has 0 atom stereocenters. The Balaban J connectivity index is 2.51. The molecule has 0 saturated heterocycles. The standard InChI is InChI=1S/C10H5NO2/c12-7-1-2-8-10(7)6-3-4-11-5-9(6)13-8/h1-5H. The van der Waals surface area contributed by atoms with Gasteiger partial charge in [-0.15, -0.1) is 0 Å². The average Bonchev–Trinajstić information content (AvgIpc) is 2.66. The number of fused-ring (bicyclic) bond motifs is 3. The fraction of sp³-hybridized carbons (Fsp3) is 0. The van der Waals surface area contributed by atoms with Crippen LogP contribution in [0.1, 0.15) is 16.1 Å². The Morgan fingerprint density at radius 2 is 2.23 bits per heavy atom. The van der Waals surface area contributed by atoms with Crippen molar-refractivity contribution >= 4 is 22.8 Å². The number of hydrogen-bond donors (Lipinski definition) is 0. The minimum absolute atomic E-state index is 0.0138. The van der Waals surface area contributed by atoms with Crippen LogP contribution in [-0.4, -0.2) is 10.8 Å². The monoisotopic (exact) mass is 171 g/mol. The molecule has 0 amide bonds.